The highest BCUT2D eigenvalue weighted by molar-refractivity contribution is 5.93. The van der Waals surface area contributed by atoms with Gasteiger partial charge in [0, 0.05) is 43.3 Å². The second-order valence-electron chi connectivity index (χ2n) is 7.82. The van der Waals surface area contributed by atoms with Crippen LogP contribution in [0.1, 0.15) is 44.2 Å². The van der Waals surface area contributed by atoms with Gasteiger partial charge in [0.1, 0.15) is 11.5 Å². The lowest BCUT2D eigenvalue weighted by molar-refractivity contribution is -0.119. The highest BCUT2D eigenvalue weighted by Crippen LogP contribution is 2.29. The molecule has 1 fully saturated rings. The second-order valence-corrected chi connectivity index (χ2v) is 7.82. The van der Waals surface area contributed by atoms with Gasteiger partial charge in [0.25, 0.3) is 0 Å². The molecular weight excluding hydrogens is 376 g/mol. The number of anilines is 1. The molecule has 162 valence electrons. The van der Waals surface area contributed by atoms with Crippen LogP contribution in [0.4, 0.5) is 5.69 Å². The number of ether oxygens (including phenoxy) is 2. The van der Waals surface area contributed by atoms with E-state index in [-0.39, 0.29) is 11.9 Å². The fourth-order valence-electron chi connectivity index (χ4n) is 4.20. The predicted molar refractivity (Wildman–Crippen MR) is 121 cm³/mol. The zero-order valence-electron chi connectivity index (χ0n) is 18.7. The maximum Gasteiger partial charge on any atom is 0.226 e. The van der Waals surface area contributed by atoms with Crippen molar-refractivity contribution in [2.45, 2.75) is 52.1 Å². The molecule has 1 heterocycles. The number of methoxy groups -OCH3 is 2. The third-order valence-corrected chi connectivity index (χ3v) is 6.00. The Hall–Kier alpha value is -2.53. The van der Waals surface area contributed by atoms with E-state index in [9.17, 15) is 4.79 Å². The van der Waals surface area contributed by atoms with Crippen LogP contribution < -0.4 is 14.4 Å². The molecule has 1 amide bonds. The summed E-state index contributed by atoms with van der Waals surface area (Å²) in [6.45, 7) is 6.81. The highest BCUT2D eigenvalue weighted by Gasteiger charge is 2.28. The van der Waals surface area contributed by atoms with E-state index in [0.717, 1.165) is 61.6 Å². The summed E-state index contributed by atoms with van der Waals surface area (Å²) in [6.07, 6.45) is 3.46. The summed E-state index contributed by atoms with van der Waals surface area (Å²) in [5, 5.41) is 0. The molecule has 5 nitrogen and oxygen atoms in total. The first-order valence-corrected chi connectivity index (χ1v) is 10.9. The van der Waals surface area contributed by atoms with Gasteiger partial charge in [0.2, 0.25) is 5.91 Å². The first kappa shape index (κ1) is 22.2. The molecule has 2 aromatic carbocycles. The highest BCUT2D eigenvalue weighted by atomic mass is 16.5. The van der Waals surface area contributed by atoms with E-state index < -0.39 is 0 Å². The van der Waals surface area contributed by atoms with Gasteiger partial charge in [-0.1, -0.05) is 26.0 Å². The van der Waals surface area contributed by atoms with E-state index in [1.165, 1.54) is 5.56 Å². The molecule has 0 spiro atoms. The van der Waals surface area contributed by atoms with Crippen molar-refractivity contribution in [1.82, 2.24) is 4.90 Å². The molecule has 0 saturated carbocycles. The summed E-state index contributed by atoms with van der Waals surface area (Å²) >= 11 is 0. The molecule has 0 aromatic heterocycles. The number of hydrogen-bond donors (Lipinski definition) is 0. The monoisotopic (exact) mass is 410 g/mol. The molecule has 2 aromatic rings. The Labute approximate surface area is 180 Å². The van der Waals surface area contributed by atoms with Gasteiger partial charge in [-0.2, -0.15) is 0 Å². The molecule has 0 unspecified atom stereocenters. The molecule has 0 atom stereocenters. The van der Waals surface area contributed by atoms with Gasteiger partial charge in [0.05, 0.1) is 14.2 Å². The Bertz CT molecular complexity index is 827. The van der Waals surface area contributed by atoms with Gasteiger partial charge in [-0.15, -0.1) is 0 Å². The van der Waals surface area contributed by atoms with Crippen LogP contribution in [0.2, 0.25) is 0 Å². The third kappa shape index (κ3) is 5.14. The SMILES string of the molecule is CCC(=O)N(c1ccc(CC)cc1)C1CCN(Cc2cc(OC)ccc2OC)CC1. The lowest BCUT2D eigenvalue weighted by Gasteiger charge is -2.38. The fourth-order valence-corrected chi connectivity index (χ4v) is 4.20. The molecular formula is C25H34N2O3. The Morgan fingerprint density at radius 3 is 2.30 bits per heavy atom. The molecule has 0 N–H and O–H groups in total. The summed E-state index contributed by atoms with van der Waals surface area (Å²) in [5.41, 5.74) is 3.45. The summed E-state index contributed by atoms with van der Waals surface area (Å²) in [4.78, 5) is 17.2. The standard InChI is InChI=1S/C25H34N2O3/c1-5-19-7-9-21(10-8-19)27(25(28)6-2)22-13-15-26(16-14-22)18-20-17-23(29-3)11-12-24(20)30-4/h7-12,17,22H,5-6,13-16,18H2,1-4H3. The number of nitrogens with zero attached hydrogens (tertiary/aromatic N) is 2. The first-order valence-electron chi connectivity index (χ1n) is 10.9. The van der Waals surface area contributed by atoms with Crippen LogP contribution >= 0.6 is 0 Å². The molecule has 1 saturated heterocycles. The van der Waals surface area contributed by atoms with E-state index in [0.29, 0.717) is 6.42 Å². The van der Waals surface area contributed by atoms with E-state index in [4.69, 9.17) is 9.47 Å². The van der Waals surface area contributed by atoms with Gasteiger partial charge in [-0.3, -0.25) is 9.69 Å². The number of carbonyl (C=O) groups excluding carboxylic acids is 1. The van der Waals surface area contributed by atoms with Crippen LogP contribution in [0.25, 0.3) is 0 Å². The second kappa shape index (κ2) is 10.5. The van der Waals surface area contributed by atoms with E-state index in [2.05, 4.69) is 36.1 Å². The lowest BCUT2D eigenvalue weighted by atomic mass is 10.0. The number of hydrogen-bond acceptors (Lipinski definition) is 4. The Kier molecular flexibility index (Phi) is 7.75. The largest absolute Gasteiger partial charge is 0.497 e. The Morgan fingerprint density at radius 1 is 1.03 bits per heavy atom. The normalized spacial score (nSPS) is 15.1. The van der Waals surface area contributed by atoms with Crippen LogP contribution in [-0.2, 0) is 17.8 Å². The maximum absolute atomic E-state index is 12.8. The van der Waals surface area contributed by atoms with Crippen molar-refractivity contribution in [2.24, 2.45) is 0 Å². The van der Waals surface area contributed by atoms with Crippen molar-refractivity contribution in [2.75, 3.05) is 32.2 Å². The number of rotatable bonds is 8. The number of aryl methyl sites for hydroxylation is 1. The number of amides is 1. The van der Waals surface area contributed by atoms with Crippen molar-refractivity contribution in [3.63, 3.8) is 0 Å². The van der Waals surface area contributed by atoms with Gasteiger partial charge in [0.15, 0.2) is 0 Å². The molecule has 3 rings (SSSR count). The maximum atomic E-state index is 12.8. The summed E-state index contributed by atoms with van der Waals surface area (Å²) < 4.78 is 10.9. The van der Waals surface area contributed by atoms with Crippen LogP contribution in [0.5, 0.6) is 11.5 Å². The van der Waals surface area contributed by atoms with E-state index >= 15 is 0 Å². The van der Waals surface area contributed by atoms with Crippen molar-refractivity contribution < 1.29 is 14.3 Å². The van der Waals surface area contributed by atoms with Crippen LogP contribution in [0, 0.1) is 0 Å². The van der Waals surface area contributed by atoms with E-state index in [1.54, 1.807) is 14.2 Å². The molecule has 0 radical (unpaired) electrons. The van der Waals surface area contributed by atoms with Crippen molar-refractivity contribution in [1.29, 1.82) is 0 Å². The minimum atomic E-state index is 0.201. The van der Waals surface area contributed by atoms with Crippen LogP contribution in [0.3, 0.4) is 0 Å². The number of likely N-dealkylation sites (tertiary alicyclic amines) is 1. The average molecular weight is 411 g/mol. The van der Waals surface area contributed by atoms with Gasteiger partial charge in [-0.25, -0.2) is 0 Å². The van der Waals surface area contributed by atoms with Crippen molar-refractivity contribution in [3.05, 3.63) is 53.6 Å². The van der Waals surface area contributed by atoms with Crippen molar-refractivity contribution >= 4 is 11.6 Å². The summed E-state index contributed by atoms with van der Waals surface area (Å²) in [5.74, 6) is 1.93. The zero-order valence-corrected chi connectivity index (χ0v) is 18.7. The minimum absolute atomic E-state index is 0.201. The number of carbonyl (C=O) groups is 1. The summed E-state index contributed by atoms with van der Waals surface area (Å²) in [6, 6.07) is 14.6. The Balaban J connectivity index is 1.68. The van der Waals surface area contributed by atoms with Crippen molar-refractivity contribution in [3.8, 4) is 11.5 Å². The molecule has 0 aliphatic carbocycles. The van der Waals surface area contributed by atoms with E-state index in [1.807, 2.05) is 30.0 Å². The smallest absolute Gasteiger partial charge is 0.226 e. The fraction of sp³-hybridized carbons (Fsp3) is 0.480. The number of piperidine rings is 1. The third-order valence-electron chi connectivity index (χ3n) is 6.00. The first-order chi connectivity index (χ1) is 14.6. The lowest BCUT2D eigenvalue weighted by Crippen LogP contribution is -2.47. The molecule has 1 aliphatic rings. The van der Waals surface area contributed by atoms with Crippen LogP contribution in [0.15, 0.2) is 42.5 Å². The minimum Gasteiger partial charge on any atom is -0.497 e. The Morgan fingerprint density at radius 2 is 1.73 bits per heavy atom. The van der Waals surface area contributed by atoms with Gasteiger partial charge >= 0.3 is 0 Å². The molecule has 0 bridgehead atoms. The topological polar surface area (TPSA) is 42.0 Å². The molecule has 5 heteroatoms. The summed E-state index contributed by atoms with van der Waals surface area (Å²) in [7, 11) is 3.39. The number of benzene rings is 2. The van der Waals surface area contributed by atoms with Gasteiger partial charge in [-0.05, 0) is 55.2 Å². The van der Waals surface area contributed by atoms with Crippen LogP contribution in [-0.4, -0.2) is 44.2 Å². The zero-order chi connectivity index (χ0) is 21.5. The quantitative estimate of drug-likeness (QED) is 0.634. The van der Waals surface area contributed by atoms with Gasteiger partial charge < -0.3 is 14.4 Å². The average Bonchev–Trinajstić information content (AvgIpc) is 2.80. The predicted octanol–water partition coefficient (Wildman–Crippen LogP) is 4.67. The molecule has 1 aliphatic heterocycles. The molecule has 30 heavy (non-hydrogen) atoms.